The lowest BCUT2D eigenvalue weighted by Crippen LogP contribution is -2.57. The van der Waals surface area contributed by atoms with E-state index in [4.69, 9.17) is 19.4 Å². The SMILES string of the molecule is CCn1c(-c2cccnc2[C@H](C)OC)c2c3cc(ccc31)-c1csc(n1)CC(=S=NC(=O)C(=C(C)C)N(C)C(=O)N1CC[C@H]1C)C(=O)N1CCC[C@H](N1)C(=O)OCC(C)(C)C2. The smallest absolute Gasteiger partial charge is 0.324 e. The van der Waals surface area contributed by atoms with Crippen molar-refractivity contribution < 1.29 is 28.7 Å². The number of allylic oxidation sites excluding steroid dienone is 1. The van der Waals surface area contributed by atoms with Crippen molar-refractivity contribution >= 4 is 62.1 Å². The number of hydrogen-bond donors (Lipinski definition) is 1. The number of benzene rings is 1. The van der Waals surface area contributed by atoms with Crippen molar-refractivity contribution in [3.63, 3.8) is 0 Å². The van der Waals surface area contributed by atoms with Gasteiger partial charge in [-0.15, -0.1) is 15.7 Å². The molecule has 7 rings (SSSR count). The van der Waals surface area contributed by atoms with E-state index >= 15 is 0 Å². The van der Waals surface area contributed by atoms with Gasteiger partial charge in [0.05, 0.1) is 39.7 Å². The molecule has 0 unspecified atom stereocenters. The minimum atomic E-state index is -0.752. The van der Waals surface area contributed by atoms with Gasteiger partial charge in [-0.25, -0.2) is 15.2 Å². The summed E-state index contributed by atoms with van der Waals surface area (Å²) in [5.74, 6) is -1.47. The maximum absolute atomic E-state index is 14.4. The van der Waals surface area contributed by atoms with E-state index in [9.17, 15) is 19.2 Å². The first-order valence-corrected chi connectivity index (χ1v) is 22.6. The number of methoxy groups -OCH3 is 1. The quantitative estimate of drug-likeness (QED) is 0.121. The number of hydrazine groups is 1. The number of pyridine rings is 1. The fourth-order valence-electron chi connectivity index (χ4n) is 8.33. The Morgan fingerprint density at radius 1 is 1.18 bits per heavy atom. The maximum Gasteiger partial charge on any atom is 0.324 e. The van der Waals surface area contributed by atoms with Crippen LogP contribution in [0.5, 0.6) is 0 Å². The van der Waals surface area contributed by atoms with Gasteiger partial charge in [0.2, 0.25) is 0 Å². The van der Waals surface area contributed by atoms with Gasteiger partial charge in [0.25, 0.3) is 5.91 Å². The first kappa shape index (κ1) is 44.0. The van der Waals surface area contributed by atoms with Crippen LogP contribution < -0.4 is 5.43 Å². The number of cyclic esters (lactones) is 1. The van der Waals surface area contributed by atoms with Gasteiger partial charge in [-0.2, -0.15) is 0 Å². The summed E-state index contributed by atoms with van der Waals surface area (Å²) < 4.78 is 18.5. The van der Waals surface area contributed by atoms with Gasteiger partial charge < -0.3 is 18.9 Å². The van der Waals surface area contributed by atoms with Crippen molar-refractivity contribution in [3.8, 4) is 22.5 Å². The lowest BCUT2D eigenvalue weighted by molar-refractivity contribution is -0.153. The number of amides is 4. The summed E-state index contributed by atoms with van der Waals surface area (Å²) in [7, 11) is 3.27. The summed E-state index contributed by atoms with van der Waals surface area (Å²) in [4.78, 5) is 68.4. The summed E-state index contributed by atoms with van der Waals surface area (Å²) in [5.41, 5.74) is 10.1. The molecule has 0 radical (unpaired) electrons. The summed E-state index contributed by atoms with van der Waals surface area (Å²) in [6, 6.07) is 9.50. The second-order valence-electron chi connectivity index (χ2n) is 17.1. The third-order valence-corrected chi connectivity index (χ3v) is 13.4. The van der Waals surface area contributed by atoms with Crippen LogP contribution in [0, 0.1) is 5.41 Å². The van der Waals surface area contributed by atoms with Crippen LogP contribution in [0.2, 0.25) is 0 Å². The van der Waals surface area contributed by atoms with Crippen molar-refractivity contribution in [3.05, 3.63) is 69.4 Å². The molecule has 4 amide bonds. The van der Waals surface area contributed by atoms with E-state index in [2.05, 4.69) is 59.4 Å². The van der Waals surface area contributed by atoms with Crippen molar-refractivity contribution in [1.29, 1.82) is 0 Å². The number of carbonyl (C=O) groups excluding carboxylic acids is 4. The zero-order valence-electron chi connectivity index (χ0n) is 36.5. The van der Waals surface area contributed by atoms with Crippen molar-refractivity contribution in [1.82, 2.24) is 34.8 Å². The van der Waals surface area contributed by atoms with Gasteiger partial charge in [0.15, 0.2) is 0 Å². The van der Waals surface area contributed by atoms with E-state index in [0.717, 1.165) is 62.2 Å². The normalized spacial score (nSPS) is 19.7. The van der Waals surface area contributed by atoms with Gasteiger partial charge in [-0.1, -0.05) is 19.9 Å². The highest BCUT2D eigenvalue weighted by Crippen LogP contribution is 2.42. The van der Waals surface area contributed by atoms with E-state index < -0.39 is 29.2 Å². The highest BCUT2D eigenvalue weighted by atomic mass is 32.1. The molecule has 4 aromatic rings. The molecule has 2 fully saturated rings. The minimum absolute atomic E-state index is 0.0897. The number of urea groups is 1. The van der Waals surface area contributed by atoms with E-state index in [1.165, 1.54) is 21.2 Å². The Bertz CT molecular complexity index is 2480. The molecule has 3 aliphatic rings. The van der Waals surface area contributed by atoms with Crippen LogP contribution in [0.1, 0.15) is 90.1 Å². The number of thiazole rings is 1. The van der Waals surface area contributed by atoms with E-state index in [0.29, 0.717) is 49.5 Å². The predicted molar refractivity (Wildman–Crippen MR) is 240 cm³/mol. The molecule has 0 spiro atoms. The van der Waals surface area contributed by atoms with Gasteiger partial charge >= 0.3 is 17.9 Å². The number of esters is 1. The number of aryl methyl sites for hydroxylation is 1. The Kier molecular flexibility index (Phi) is 13.1. The number of likely N-dealkylation sites (tertiary alicyclic amines) is 1. The first-order valence-electron chi connectivity index (χ1n) is 20.9. The molecule has 1 aromatic carbocycles. The number of nitrogens with one attached hydrogen (secondary N) is 1. The molecule has 16 heteroatoms. The van der Waals surface area contributed by atoms with Crippen LogP contribution in [0.4, 0.5) is 4.79 Å². The zero-order valence-corrected chi connectivity index (χ0v) is 38.2. The number of likely N-dealkylation sites (N-methyl/N-ethyl adjacent to an activating group) is 1. The average molecular weight is 869 g/mol. The number of aromatic nitrogens is 3. The number of fused-ring (bicyclic) bond motifs is 6. The molecule has 3 aliphatic heterocycles. The van der Waals surface area contributed by atoms with E-state index in [-0.39, 0.29) is 41.8 Å². The molecule has 3 atom stereocenters. The van der Waals surface area contributed by atoms with Gasteiger partial charge in [0, 0.05) is 85.3 Å². The van der Waals surface area contributed by atoms with E-state index in [1.807, 2.05) is 25.3 Å². The van der Waals surface area contributed by atoms with Crippen LogP contribution in [0.25, 0.3) is 33.4 Å². The van der Waals surface area contributed by atoms with Crippen LogP contribution in [0.15, 0.2) is 57.5 Å². The first-order chi connectivity index (χ1) is 29.1. The molecular weight excluding hydrogens is 813 g/mol. The second-order valence-corrected chi connectivity index (χ2v) is 18.9. The van der Waals surface area contributed by atoms with Crippen molar-refractivity contribution in [2.24, 2.45) is 9.78 Å². The summed E-state index contributed by atoms with van der Waals surface area (Å²) in [5, 5.41) is 5.13. The highest BCUT2D eigenvalue weighted by molar-refractivity contribution is 7.71. The lowest BCUT2D eigenvalue weighted by Gasteiger charge is -2.41. The molecule has 6 heterocycles. The molecule has 3 aromatic heterocycles. The Morgan fingerprint density at radius 2 is 1.97 bits per heavy atom. The Labute approximate surface area is 365 Å². The number of carbonyl (C=O) groups is 4. The van der Waals surface area contributed by atoms with Gasteiger partial charge in [-0.05, 0) is 107 Å². The van der Waals surface area contributed by atoms with Crippen molar-refractivity contribution in [2.45, 2.75) is 105 Å². The average Bonchev–Trinajstić information content (AvgIpc) is 3.84. The summed E-state index contributed by atoms with van der Waals surface area (Å²) in [6.45, 7) is 15.7. The fourth-order valence-corrected chi connectivity index (χ4v) is 9.91. The molecule has 61 heavy (non-hydrogen) atoms. The molecule has 1 N–H and O–H groups in total. The van der Waals surface area contributed by atoms with Gasteiger partial charge in [0.1, 0.15) is 11.7 Å². The highest BCUT2D eigenvalue weighted by Gasteiger charge is 2.36. The van der Waals surface area contributed by atoms with Crippen LogP contribution in [-0.4, -0.2) is 104 Å². The third-order valence-electron chi connectivity index (χ3n) is 11.8. The Hall–Kier alpha value is -5.03. The van der Waals surface area contributed by atoms with Crippen molar-refractivity contribution in [2.75, 3.05) is 33.9 Å². The third kappa shape index (κ3) is 8.99. The maximum atomic E-state index is 14.4. The zero-order chi connectivity index (χ0) is 43.7. The standard InChI is InChI=1S/C45H56N8O6S2/c1-10-51-35-16-15-29-21-31(35)32(40(51)30-13-11-18-46-38(30)28(5)58-9)23-45(6,7)25-59-43(56)33-14-12-19-53(48-33)42(55)36(22-37-47-34(29)24-60-37)61-49-41(54)39(26(2)3)50(8)44(57)52-20-17-27(52)4/h11,13,15-16,18,21,24,27-28,33,48H,10,12,14,17,19-20,22-23,25H2,1-9H3/t27-,28+,33+/m1/s1. The minimum Gasteiger partial charge on any atom is -0.464 e. The van der Waals surface area contributed by atoms with Crippen LogP contribution >= 0.6 is 11.3 Å². The molecular formula is C45H56N8O6S2. The number of hydrogen-bond acceptors (Lipinski definition) is 10. The molecule has 2 saturated heterocycles. The summed E-state index contributed by atoms with van der Waals surface area (Å²) in [6.07, 6.45) is 4.20. The van der Waals surface area contributed by atoms with Gasteiger partial charge in [-0.3, -0.25) is 29.3 Å². The molecule has 6 bridgehead atoms. The predicted octanol–water partition coefficient (Wildman–Crippen LogP) is 7.12. The molecule has 324 valence electrons. The summed E-state index contributed by atoms with van der Waals surface area (Å²) >= 11 is 2.21. The number of rotatable bonds is 6. The number of ether oxygens (including phenoxy) is 2. The number of nitrogens with zero attached hydrogens (tertiary/aromatic N) is 7. The Balaban J connectivity index is 1.34. The fraction of sp³-hybridized carbons (Fsp3) is 0.489. The largest absolute Gasteiger partial charge is 0.464 e. The lowest BCUT2D eigenvalue weighted by atomic mass is 9.84. The van der Waals surface area contributed by atoms with Crippen LogP contribution in [0.3, 0.4) is 0 Å². The Morgan fingerprint density at radius 3 is 2.66 bits per heavy atom. The topological polar surface area (TPSA) is 152 Å². The second kappa shape index (κ2) is 18.1. The monoisotopic (exact) mass is 868 g/mol. The van der Waals surface area contributed by atoms with E-state index in [1.54, 1.807) is 39.1 Å². The molecule has 0 aliphatic carbocycles. The molecule has 14 nitrogen and oxygen atoms in total. The van der Waals surface area contributed by atoms with Crippen LogP contribution in [-0.2, 0) is 54.4 Å². The molecule has 0 saturated carbocycles.